The lowest BCUT2D eigenvalue weighted by atomic mass is 10.1. The third kappa shape index (κ3) is 4.34. The number of benzene rings is 1. The van der Waals surface area contributed by atoms with E-state index in [-0.39, 0.29) is 6.42 Å². The van der Waals surface area contributed by atoms with Gasteiger partial charge in [0.2, 0.25) is 0 Å². The van der Waals surface area contributed by atoms with Crippen molar-refractivity contribution in [1.29, 1.82) is 0 Å². The fraction of sp³-hybridized carbons (Fsp3) is 0.364. The Hall–Kier alpha value is -1.60. The van der Waals surface area contributed by atoms with E-state index >= 15 is 0 Å². The number of aliphatic carboxylic acids is 1. The van der Waals surface area contributed by atoms with E-state index in [0.717, 1.165) is 9.87 Å². The van der Waals surface area contributed by atoms with E-state index in [1.165, 1.54) is 14.1 Å². The van der Waals surface area contributed by atoms with Gasteiger partial charge in [-0.3, -0.25) is 9.52 Å². The highest BCUT2D eigenvalue weighted by molar-refractivity contribution is 7.90. The van der Waals surface area contributed by atoms with Crippen LogP contribution in [-0.4, -0.2) is 37.9 Å². The topological polar surface area (TPSA) is 86.7 Å². The molecule has 0 unspecified atom stereocenters. The Morgan fingerprint density at radius 2 is 2.06 bits per heavy atom. The summed E-state index contributed by atoms with van der Waals surface area (Å²) in [6.07, 6.45) is 0.386. The Balaban J connectivity index is 2.80. The highest BCUT2D eigenvalue weighted by atomic mass is 32.2. The van der Waals surface area contributed by atoms with E-state index in [2.05, 4.69) is 4.72 Å². The average Bonchev–Trinajstić information content (AvgIpc) is 2.26. The second-order valence-electron chi connectivity index (χ2n) is 3.98. The first-order chi connectivity index (χ1) is 8.31. The molecule has 0 atom stereocenters. The van der Waals surface area contributed by atoms with Crippen LogP contribution in [0, 0.1) is 0 Å². The van der Waals surface area contributed by atoms with Gasteiger partial charge in [0.1, 0.15) is 0 Å². The molecule has 100 valence electrons. The van der Waals surface area contributed by atoms with Gasteiger partial charge in [-0.1, -0.05) is 12.1 Å². The predicted molar refractivity (Wildman–Crippen MR) is 68.6 cm³/mol. The molecule has 0 aliphatic rings. The van der Waals surface area contributed by atoms with Crippen LogP contribution in [0.1, 0.15) is 12.0 Å². The summed E-state index contributed by atoms with van der Waals surface area (Å²) in [4.78, 5) is 10.5. The number of hydrogen-bond acceptors (Lipinski definition) is 3. The lowest BCUT2D eigenvalue weighted by Crippen LogP contribution is -2.28. The van der Waals surface area contributed by atoms with Crippen LogP contribution in [0.3, 0.4) is 0 Å². The quantitative estimate of drug-likeness (QED) is 0.806. The fourth-order valence-electron chi connectivity index (χ4n) is 1.28. The number of anilines is 1. The van der Waals surface area contributed by atoms with Gasteiger partial charge in [-0.15, -0.1) is 0 Å². The predicted octanol–water partition coefficient (Wildman–Crippen LogP) is 0.922. The largest absolute Gasteiger partial charge is 0.481 e. The second kappa shape index (κ2) is 5.83. The second-order valence-corrected chi connectivity index (χ2v) is 5.87. The summed E-state index contributed by atoms with van der Waals surface area (Å²) in [5.74, 6) is -0.880. The van der Waals surface area contributed by atoms with Gasteiger partial charge in [0.25, 0.3) is 0 Å². The van der Waals surface area contributed by atoms with E-state index in [1.807, 2.05) is 0 Å². The zero-order chi connectivity index (χ0) is 13.8. The molecule has 1 aromatic carbocycles. The van der Waals surface area contributed by atoms with Crippen LogP contribution in [0.25, 0.3) is 0 Å². The molecule has 1 rings (SSSR count). The highest BCUT2D eigenvalue weighted by Gasteiger charge is 2.12. The van der Waals surface area contributed by atoms with Crippen LogP contribution < -0.4 is 4.72 Å². The Labute approximate surface area is 106 Å². The number of hydrogen-bond donors (Lipinski definition) is 2. The van der Waals surface area contributed by atoms with Gasteiger partial charge in [-0.25, -0.2) is 0 Å². The van der Waals surface area contributed by atoms with E-state index < -0.39 is 16.2 Å². The van der Waals surface area contributed by atoms with E-state index in [4.69, 9.17) is 5.11 Å². The molecular weight excluding hydrogens is 256 g/mol. The summed E-state index contributed by atoms with van der Waals surface area (Å²) in [6.45, 7) is 0. The molecule has 0 saturated heterocycles. The van der Waals surface area contributed by atoms with Crippen molar-refractivity contribution >= 4 is 21.9 Å². The van der Waals surface area contributed by atoms with Crippen molar-refractivity contribution in [1.82, 2.24) is 4.31 Å². The molecule has 0 aliphatic heterocycles. The molecule has 0 aromatic heterocycles. The average molecular weight is 272 g/mol. The molecule has 2 N–H and O–H groups in total. The molecule has 6 nitrogen and oxygen atoms in total. The first-order valence-electron chi connectivity index (χ1n) is 5.32. The lowest BCUT2D eigenvalue weighted by Gasteiger charge is -2.13. The third-order valence-electron chi connectivity index (χ3n) is 2.28. The van der Waals surface area contributed by atoms with Gasteiger partial charge < -0.3 is 5.11 Å². The van der Waals surface area contributed by atoms with Crippen LogP contribution >= 0.6 is 0 Å². The number of carboxylic acid groups (broad SMARTS) is 1. The van der Waals surface area contributed by atoms with E-state index in [1.54, 1.807) is 24.3 Å². The van der Waals surface area contributed by atoms with Crippen molar-refractivity contribution in [3.63, 3.8) is 0 Å². The zero-order valence-electron chi connectivity index (χ0n) is 10.3. The number of aryl methyl sites for hydroxylation is 1. The monoisotopic (exact) mass is 272 g/mol. The molecule has 0 heterocycles. The van der Waals surface area contributed by atoms with Crippen molar-refractivity contribution in [2.45, 2.75) is 12.8 Å². The molecule has 0 amide bonds. The minimum atomic E-state index is -3.53. The Kier molecular flexibility index (Phi) is 4.69. The molecule has 1 aromatic rings. The summed E-state index contributed by atoms with van der Waals surface area (Å²) >= 11 is 0. The summed E-state index contributed by atoms with van der Waals surface area (Å²) in [5, 5.41) is 8.59. The number of nitrogens with zero attached hydrogens (tertiary/aromatic N) is 1. The third-order valence-corrected chi connectivity index (χ3v) is 3.74. The highest BCUT2D eigenvalue weighted by Crippen LogP contribution is 2.14. The lowest BCUT2D eigenvalue weighted by molar-refractivity contribution is -0.136. The summed E-state index contributed by atoms with van der Waals surface area (Å²) in [7, 11) is -0.678. The molecule has 0 fully saturated rings. The van der Waals surface area contributed by atoms with E-state index in [0.29, 0.717) is 12.1 Å². The molecule has 18 heavy (non-hydrogen) atoms. The van der Waals surface area contributed by atoms with Gasteiger partial charge in [-0.2, -0.15) is 12.7 Å². The first-order valence-corrected chi connectivity index (χ1v) is 6.76. The number of nitrogens with one attached hydrogen (secondary N) is 1. The Bertz CT molecular complexity index is 526. The molecule has 0 bridgehead atoms. The van der Waals surface area contributed by atoms with Gasteiger partial charge in [0.15, 0.2) is 0 Å². The van der Waals surface area contributed by atoms with E-state index in [9.17, 15) is 13.2 Å². The normalized spacial score (nSPS) is 11.5. The van der Waals surface area contributed by atoms with Gasteiger partial charge in [0.05, 0.1) is 5.69 Å². The number of carboxylic acids is 1. The van der Waals surface area contributed by atoms with Gasteiger partial charge in [0, 0.05) is 20.5 Å². The van der Waals surface area contributed by atoms with Crippen LogP contribution in [0.2, 0.25) is 0 Å². The summed E-state index contributed by atoms with van der Waals surface area (Å²) < 4.78 is 26.7. The van der Waals surface area contributed by atoms with Crippen LogP contribution in [-0.2, 0) is 21.4 Å². The molecule has 0 radical (unpaired) electrons. The van der Waals surface area contributed by atoms with Gasteiger partial charge >= 0.3 is 16.2 Å². The minimum Gasteiger partial charge on any atom is -0.481 e. The Morgan fingerprint density at radius 3 is 2.61 bits per heavy atom. The molecule has 7 heteroatoms. The number of rotatable bonds is 6. The van der Waals surface area contributed by atoms with Crippen molar-refractivity contribution in [3.05, 3.63) is 29.8 Å². The maximum absolute atomic E-state index is 11.6. The minimum absolute atomic E-state index is 0.0177. The smallest absolute Gasteiger partial charge is 0.303 e. The number of carbonyl (C=O) groups is 1. The van der Waals surface area contributed by atoms with Crippen LogP contribution in [0.15, 0.2) is 24.3 Å². The van der Waals surface area contributed by atoms with Crippen molar-refractivity contribution < 1.29 is 18.3 Å². The molecule has 0 spiro atoms. The van der Waals surface area contributed by atoms with Crippen LogP contribution in [0.4, 0.5) is 5.69 Å². The maximum atomic E-state index is 11.6. The Morgan fingerprint density at radius 1 is 1.39 bits per heavy atom. The zero-order valence-corrected chi connectivity index (χ0v) is 11.1. The molecular formula is C11H16N2O4S. The first kappa shape index (κ1) is 14.5. The van der Waals surface area contributed by atoms with Crippen molar-refractivity contribution in [3.8, 4) is 0 Å². The SMILES string of the molecule is CN(C)S(=O)(=O)Nc1cccc(CCC(=O)O)c1. The standard InChI is InChI=1S/C11H16N2O4S/c1-13(2)18(16,17)12-10-5-3-4-9(8-10)6-7-11(14)15/h3-5,8,12H,6-7H2,1-2H3,(H,14,15). The van der Waals surface area contributed by atoms with Crippen LogP contribution in [0.5, 0.6) is 0 Å². The molecule has 0 aliphatic carbocycles. The fourth-order valence-corrected chi connectivity index (χ4v) is 1.89. The van der Waals surface area contributed by atoms with Crippen molar-refractivity contribution in [2.75, 3.05) is 18.8 Å². The van der Waals surface area contributed by atoms with Gasteiger partial charge in [-0.05, 0) is 24.1 Å². The molecule has 0 saturated carbocycles. The maximum Gasteiger partial charge on any atom is 0.303 e. The summed E-state index contributed by atoms with van der Waals surface area (Å²) in [6, 6.07) is 6.69. The van der Waals surface area contributed by atoms with Crippen molar-refractivity contribution in [2.24, 2.45) is 0 Å². The summed E-state index contributed by atoms with van der Waals surface area (Å²) in [5.41, 5.74) is 1.20.